The van der Waals surface area contributed by atoms with Crippen LogP contribution < -0.4 is 14.4 Å². The highest BCUT2D eigenvalue weighted by Crippen LogP contribution is 2.32. The van der Waals surface area contributed by atoms with Crippen LogP contribution in [0.15, 0.2) is 85.1 Å². The molecule has 0 radical (unpaired) electrons. The molecule has 1 saturated heterocycles. The first kappa shape index (κ1) is 40.1. The summed E-state index contributed by atoms with van der Waals surface area (Å²) in [5, 5.41) is 0.840. The second-order valence-electron chi connectivity index (χ2n) is 12.8. The molecule has 9 nitrogen and oxygen atoms in total. The van der Waals surface area contributed by atoms with Gasteiger partial charge in [-0.25, -0.2) is 4.98 Å². The van der Waals surface area contributed by atoms with Crippen LogP contribution in [0.2, 0.25) is 0 Å². The molecule has 54 heavy (non-hydrogen) atoms. The largest absolute Gasteiger partial charge is 0.484 e. The minimum absolute atomic E-state index is 0. The van der Waals surface area contributed by atoms with Gasteiger partial charge in [0.1, 0.15) is 17.2 Å². The molecule has 0 atom stereocenters. The van der Waals surface area contributed by atoms with Crippen molar-refractivity contribution in [1.82, 2.24) is 19.4 Å². The summed E-state index contributed by atoms with van der Waals surface area (Å²) in [5.74, 6) is 0.274. The molecule has 3 aromatic carbocycles. The lowest BCUT2D eigenvalue weighted by atomic mass is 10.1. The second kappa shape index (κ2) is 16.1. The number of halogens is 7. The third kappa shape index (κ3) is 9.34. The van der Waals surface area contributed by atoms with Gasteiger partial charge in [0.05, 0.1) is 23.0 Å². The number of benzene rings is 3. The topological polar surface area (TPSA) is 80.1 Å². The van der Waals surface area contributed by atoms with Crippen LogP contribution in [0.5, 0.6) is 17.4 Å². The Labute approximate surface area is 317 Å². The maximum absolute atomic E-state index is 13.6. The van der Waals surface area contributed by atoms with E-state index in [2.05, 4.69) is 9.88 Å². The standard InChI is InChI=1S/C38H35F6N5O4.BrH/c1-24-18-34(45-21-33(24)47(3)35(50)26-6-9-28(10-7-26)38(42,43)44)53-30-13-8-27-19-32(46(2)31(27)20-30)36(51)49-16-14-48(15-17-49)22-25-4-11-29(12-5-25)52-23-37(39,40)41;/h4-13,18-21H,14-17,22-23H2,1-3H3;1H. The predicted octanol–water partition coefficient (Wildman–Crippen LogP) is 8.45. The van der Waals surface area contributed by atoms with Gasteiger partial charge >= 0.3 is 12.4 Å². The Kier molecular flexibility index (Phi) is 12.0. The number of fused-ring (bicyclic) bond motifs is 1. The maximum Gasteiger partial charge on any atom is 0.422 e. The number of pyridine rings is 1. The van der Waals surface area contributed by atoms with Gasteiger partial charge in [-0.1, -0.05) is 12.1 Å². The minimum atomic E-state index is -4.50. The predicted molar refractivity (Wildman–Crippen MR) is 196 cm³/mol. The zero-order chi connectivity index (χ0) is 38.1. The number of aryl methyl sites for hydroxylation is 2. The molecule has 2 aromatic heterocycles. The number of piperazine rings is 1. The van der Waals surface area contributed by atoms with Crippen molar-refractivity contribution in [2.45, 2.75) is 25.8 Å². The zero-order valence-electron chi connectivity index (χ0n) is 29.4. The maximum atomic E-state index is 13.6. The number of carbonyl (C=O) groups excluding carboxylic acids is 2. The van der Waals surface area contributed by atoms with E-state index in [0.717, 1.165) is 40.7 Å². The number of nitrogens with zero attached hydrogens (tertiary/aromatic N) is 5. The van der Waals surface area contributed by atoms with Crippen molar-refractivity contribution < 1.29 is 45.4 Å². The van der Waals surface area contributed by atoms with Crippen LogP contribution >= 0.6 is 17.0 Å². The Bertz CT molecular complexity index is 2110. The van der Waals surface area contributed by atoms with Gasteiger partial charge in [0.2, 0.25) is 5.88 Å². The molecular weight excluding hydrogens is 784 g/mol. The average molecular weight is 821 g/mol. The number of ether oxygens (including phenoxy) is 2. The monoisotopic (exact) mass is 819 g/mol. The van der Waals surface area contributed by atoms with Crippen molar-refractivity contribution in [3.8, 4) is 17.4 Å². The van der Waals surface area contributed by atoms with E-state index in [4.69, 9.17) is 9.47 Å². The number of alkyl halides is 6. The Morgan fingerprint density at radius 1 is 0.852 bits per heavy atom. The van der Waals surface area contributed by atoms with Crippen LogP contribution in [0, 0.1) is 6.92 Å². The average Bonchev–Trinajstić information content (AvgIpc) is 3.45. The molecule has 0 N–H and O–H groups in total. The molecule has 1 aliphatic rings. The number of amides is 2. The SMILES string of the molecule is Br.Cc1cc(Oc2ccc3cc(C(=O)N4CCN(Cc5ccc(OCC(F)(F)F)cc5)CC4)n(C)c3c2)ncc1N(C)C(=O)c1ccc(C(F)(F)F)cc1. The summed E-state index contributed by atoms with van der Waals surface area (Å²) in [4.78, 5) is 36.2. The van der Waals surface area contributed by atoms with Crippen LogP contribution in [-0.2, 0) is 19.8 Å². The van der Waals surface area contributed by atoms with E-state index < -0.39 is 30.4 Å². The summed E-state index contributed by atoms with van der Waals surface area (Å²) in [6, 6.07) is 19.4. The molecule has 6 rings (SSSR count). The van der Waals surface area contributed by atoms with Gasteiger partial charge in [0, 0.05) is 69.9 Å². The molecule has 286 valence electrons. The number of rotatable bonds is 9. The quantitative estimate of drug-likeness (QED) is 0.139. The molecule has 3 heterocycles. The molecule has 0 aliphatic carbocycles. The lowest BCUT2D eigenvalue weighted by molar-refractivity contribution is -0.153. The first-order valence-corrected chi connectivity index (χ1v) is 16.5. The van der Waals surface area contributed by atoms with E-state index in [-0.39, 0.29) is 40.1 Å². The molecule has 1 fully saturated rings. The van der Waals surface area contributed by atoms with E-state index in [9.17, 15) is 35.9 Å². The molecule has 5 aromatic rings. The highest BCUT2D eigenvalue weighted by molar-refractivity contribution is 8.93. The van der Waals surface area contributed by atoms with Gasteiger partial charge in [-0.3, -0.25) is 14.5 Å². The van der Waals surface area contributed by atoms with Gasteiger partial charge in [-0.15, -0.1) is 17.0 Å². The number of hydrogen-bond donors (Lipinski definition) is 0. The third-order valence-corrected chi connectivity index (χ3v) is 9.03. The second-order valence-corrected chi connectivity index (χ2v) is 12.8. The summed E-state index contributed by atoms with van der Waals surface area (Å²) in [5.41, 5.74) is 2.57. The number of anilines is 1. The van der Waals surface area contributed by atoms with Gasteiger partial charge < -0.3 is 23.8 Å². The van der Waals surface area contributed by atoms with E-state index in [1.807, 2.05) is 16.7 Å². The van der Waals surface area contributed by atoms with Crippen molar-refractivity contribution in [1.29, 1.82) is 0 Å². The third-order valence-electron chi connectivity index (χ3n) is 9.03. The van der Waals surface area contributed by atoms with E-state index in [1.54, 1.807) is 49.2 Å². The van der Waals surface area contributed by atoms with Crippen LogP contribution in [0.4, 0.5) is 32.0 Å². The van der Waals surface area contributed by atoms with E-state index >= 15 is 0 Å². The molecule has 0 spiro atoms. The number of aromatic nitrogens is 2. The lowest BCUT2D eigenvalue weighted by Crippen LogP contribution is -2.48. The molecule has 2 amide bonds. The van der Waals surface area contributed by atoms with Crippen LogP contribution in [0.1, 0.15) is 37.5 Å². The fraction of sp³-hybridized carbons (Fsp3) is 0.289. The summed E-state index contributed by atoms with van der Waals surface area (Å²) in [6.45, 7) is 3.28. The van der Waals surface area contributed by atoms with Gasteiger partial charge in [-0.05, 0) is 72.6 Å². The van der Waals surface area contributed by atoms with Gasteiger partial charge in [-0.2, -0.15) is 26.3 Å². The Morgan fingerprint density at radius 3 is 2.11 bits per heavy atom. The summed E-state index contributed by atoms with van der Waals surface area (Å²) in [7, 11) is 3.32. The van der Waals surface area contributed by atoms with Crippen molar-refractivity contribution in [3.63, 3.8) is 0 Å². The van der Waals surface area contributed by atoms with Crippen LogP contribution in [0.3, 0.4) is 0 Å². The van der Waals surface area contributed by atoms with E-state index in [1.165, 1.54) is 30.3 Å². The van der Waals surface area contributed by atoms with Crippen molar-refractivity contribution in [2.75, 3.05) is 44.7 Å². The summed E-state index contributed by atoms with van der Waals surface area (Å²) >= 11 is 0. The molecule has 0 bridgehead atoms. The summed E-state index contributed by atoms with van der Waals surface area (Å²) in [6.07, 6.45) is -7.45. The Balaban J connectivity index is 0.00000561. The van der Waals surface area contributed by atoms with E-state index in [0.29, 0.717) is 55.4 Å². The fourth-order valence-corrected chi connectivity index (χ4v) is 6.12. The minimum Gasteiger partial charge on any atom is -0.484 e. The van der Waals surface area contributed by atoms with Gasteiger partial charge in [0.25, 0.3) is 11.8 Å². The van der Waals surface area contributed by atoms with Crippen LogP contribution in [0.25, 0.3) is 10.9 Å². The number of hydrogen-bond acceptors (Lipinski definition) is 6. The first-order valence-electron chi connectivity index (χ1n) is 16.5. The van der Waals surface area contributed by atoms with Crippen molar-refractivity contribution in [3.05, 3.63) is 113 Å². The first-order chi connectivity index (χ1) is 25.1. The zero-order valence-corrected chi connectivity index (χ0v) is 31.1. The molecule has 0 unspecified atom stereocenters. The molecule has 16 heteroatoms. The smallest absolute Gasteiger partial charge is 0.422 e. The normalized spacial score (nSPS) is 13.8. The Hall–Kier alpha value is -5.09. The number of carbonyl (C=O) groups is 2. The Morgan fingerprint density at radius 2 is 1.50 bits per heavy atom. The molecular formula is C38H36BrF6N5O4. The summed E-state index contributed by atoms with van der Waals surface area (Å²) < 4.78 is 88.7. The highest BCUT2D eigenvalue weighted by atomic mass is 79.9. The van der Waals surface area contributed by atoms with Crippen molar-refractivity contribution in [2.24, 2.45) is 7.05 Å². The molecule has 0 saturated carbocycles. The fourth-order valence-electron chi connectivity index (χ4n) is 6.12. The molecule has 1 aliphatic heterocycles. The van der Waals surface area contributed by atoms with Gasteiger partial charge in [0.15, 0.2) is 6.61 Å². The van der Waals surface area contributed by atoms with Crippen LogP contribution in [-0.4, -0.2) is 77.2 Å². The van der Waals surface area contributed by atoms with Crippen molar-refractivity contribution >= 4 is 45.4 Å². The lowest BCUT2D eigenvalue weighted by Gasteiger charge is -2.34. The highest BCUT2D eigenvalue weighted by Gasteiger charge is 2.31.